The maximum absolute atomic E-state index is 11.6. The fourth-order valence-electron chi connectivity index (χ4n) is 1.32. The Labute approximate surface area is 104 Å². The summed E-state index contributed by atoms with van der Waals surface area (Å²) in [7, 11) is 0. The van der Waals surface area contributed by atoms with Gasteiger partial charge in [-0.3, -0.25) is 9.59 Å². The molecule has 0 saturated heterocycles. The van der Waals surface area contributed by atoms with Crippen LogP contribution in [-0.2, 0) is 14.3 Å². The summed E-state index contributed by atoms with van der Waals surface area (Å²) in [6.07, 6.45) is 0.834. The first kappa shape index (κ1) is 16.1. The fraction of sp³-hybridized carbons (Fsp3) is 0.846. The van der Waals surface area contributed by atoms with Gasteiger partial charge in [-0.15, -0.1) is 0 Å². The second-order valence-electron chi connectivity index (χ2n) is 5.30. The third kappa shape index (κ3) is 6.41. The van der Waals surface area contributed by atoms with E-state index in [0.717, 1.165) is 6.42 Å². The number of amides is 1. The van der Waals surface area contributed by atoms with Crippen molar-refractivity contribution in [3.63, 3.8) is 0 Å². The largest absolute Gasteiger partial charge is 0.366 e. The van der Waals surface area contributed by atoms with Crippen LogP contribution in [0.15, 0.2) is 0 Å². The molecule has 0 spiro atoms. The Hall–Kier alpha value is -0.900. The standard InChI is InChI=1S/C13H25NO3/c1-7-13(5,6)17-8-11(16)14-12(9(2)3)10(4)15/h9,12H,7-8H2,1-6H3,(H,14,16). The molecule has 4 nitrogen and oxygen atoms in total. The third-order valence-corrected chi connectivity index (χ3v) is 2.87. The molecule has 0 saturated carbocycles. The number of carbonyl (C=O) groups excluding carboxylic acids is 2. The van der Waals surface area contributed by atoms with Gasteiger partial charge in [0, 0.05) is 0 Å². The number of Topliss-reactive ketones (excluding diaryl/α,β-unsaturated/α-hetero) is 1. The quantitative estimate of drug-likeness (QED) is 0.743. The molecule has 0 aliphatic carbocycles. The van der Waals surface area contributed by atoms with Crippen LogP contribution in [0.5, 0.6) is 0 Å². The minimum atomic E-state index is -0.421. The number of carbonyl (C=O) groups is 2. The van der Waals surface area contributed by atoms with E-state index in [2.05, 4.69) is 5.32 Å². The van der Waals surface area contributed by atoms with Crippen LogP contribution in [0, 0.1) is 5.92 Å². The maximum atomic E-state index is 11.6. The van der Waals surface area contributed by atoms with Crippen LogP contribution in [0.1, 0.15) is 48.0 Å². The van der Waals surface area contributed by atoms with E-state index in [1.807, 2.05) is 34.6 Å². The molecular formula is C13H25NO3. The molecule has 1 unspecified atom stereocenters. The lowest BCUT2D eigenvalue weighted by Gasteiger charge is -2.24. The summed E-state index contributed by atoms with van der Waals surface area (Å²) in [5, 5.41) is 2.70. The summed E-state index contributed by atoms with van der Waals surface area (Å²) >= 11 is 0. The van der Waals surface area contributed by atoms with Crippen LogP contribution in [0.25, 0.3) is 0 Å². The van der Waals surface area contributed by atoms with Gasteiger partial charge in [-0.2, -0.15) is 0 Å². The summed E-state index contributed by atoms with van der Waals surface area (Å²) < 4.78 is 5.48. The Morgan fingerprint density at radius 1 is 1.29 bits per heavy atom. The van der Waals surface area contributed by atoms with Crippen molar-refractivity contribution in [3.05, 3.63) is 0 Å². The topological polar surface area (TPSA) is 55.4 Å². The molecule has 0 aliphatic heterocycles. The average Bonchev–Trinajstić information content (AvgIpc) is 2.22. The Bertz CT molecular complexity index is 272. The minimum Gasteiger partial charge on any atom is -0.366 e. The van der Waals surface area contributed by atoms with Crippen molar-refractivity contribution in [1.82, 2.24) is 5.32 Å². The van der Waals surface area contributed by atoms with Gasteiger partial charge in [0.1, 0.15) is 6.61 Å². The molecule has 100 valence electrons. The molecule has 0 aliphatic rings. The molecule has 0 bridgehead atoms. The summed E-state index contributed by atoms with van der Waals surface area (Å²) in [6, 6.07) is -0.421. The van der Waals surface area contributed by atoms with Gasteiger partial charge in [0.2, 0.25) is 5.91 Å². The lowest BCUT2D eigenvalue weighted by molar-refractivity contribution is -0.135. The number of hydrogen-bond acceptors (Lipinski definition) is 3. The SMILES string of the molecule is CCC(C)(C)OCC(=O)NC(C(C)=O)C(C)C. The molecule has 1 amide bonds. The predicted octanol–water partition coefficient (Wildman–Crippen LogP) is 1.92. The van der Waals surface area contributed by atoms with Crippen LogP contribution >= 0.6 is 0 Å². The monoisotopic (exact) mass is 243 g/mol. The van der Waals surface area contributed by atoms with Crippen molar-refractivity contribution in [2.75, 3.05) is 6.61 Å². The number of nitrogens with one attached hydrogen (secondary N) is 1. The zero-order valence-corrected chi connectivity index (χ0v) is 11.8. The highest BCUT2D eigenvalue weighted by Crippen LogP contribution is 2.13. The number of ketones is 1. The maximum Gasteiger partial charge on any atom is 0.246 e. The molecule has 0 aromatic rings. The molecule has 4 heteroatoms. The second kappa shape index (κ2) is 6.74. The molecule has 0 aromatic heterocycles. The van der Waals surface area contributed by atoms with E-state index in [9.17, 15) is 9.59 Å². The van der Waals surface area contributed by atoms with Crippen LogP contribution in [0.3, 0.4) is 0 Å². The first-order valence-corrected chi connectivity index (χ1v) is 6.13. The van der Waals surface area contributed by atoms with E-state index in [1.165, 1.54) is 6.92 Å². The van der Waals surface area contributed by atoms with E-state index >= 15 is 0 Å². The lowest BCUT2D eigenvalue weighted by Crippen LogP contribution is -2.45. The fourth-order valence-corrected chi connectivity index (χ4v) is 1.32. The van der Waals surface area contributed by atoms with Crippen LogP contribution in [0.2, 0.25) is 0 Å². The van der Waals surface area contributed by atoms with Crippen LogP contribution in [0.4, 0.5) is 0 Å². The van der Waals surface area contributed by atoms with Crippen molar-refractivity contribution in [1.29, 1.82) is 0 Å². The predicted molar refractivity (Wildman–Crippen MR) is 67.8 cm³/mol. The van der Waals surface area contributed by atoms with Gasteiger partial charge < -0.3 is 10.1 Å². The van der Waals surface area contributed by atoms with Gasteiger partial charge in [-0.25, -0.2) is 0 Å². The van der Waals surface area contributed by atoms with Crippen molar-refractivity contribution >= 4 is 11.7 Å². The van der Waals surface area contributed by atoms with Gasteiger partial charge in [-0.05, 0) is 33.1 Å². The first-order valence-electron chi connectivity index (χ1n) is 6.13. The first-order chi connectivity index (χ1) is 7.69. The summed E-state index contributed by atoms with van der Waals surface area (Å²) in [4.78, 5) is 23.0. The summed E-state index contributed by atoms with van der Waals surface area (Å²) in [5.41, 5.74) is -0.305. The Balaban J connectivity index is 4.21. The van der Waals surface area contributed by atoms with E-state index in [4.69, 9.17) is 4.74 Å². The molecular weight excluding hydrogens is 218 g/mol. The smallest absolute Gasteiger partial charge is 0.246 e. The molecule has 0 heterocycles. The van der Waals surface area contributed by atoms with Crippen molar-refractivity contribution in [2.45, 2.75) is 59.6 Å². The molecule has 0 radical (unpaired) electrons. The lowest BCUT2D eigenvalue weighted by atomic mass is 10.0. The zero-order valence-electron chi connectivity index (χ0n) is 11.8. The van der Waals surface area contributed by atoms with Crippen molar-refractivity contribution in [3.8, 4) is 0 Å². The highest BCUT2D eigenvalue weighted by Gasteiger charge is 2.22. The van der Waals surface area contributed by atoms with E-state index in [0.29, 0.717) is 0 Å². The molecule has 0 rings (SSSR count). The van der Waals surface area contributed by atoms with Crippen LogP contribution < -0.4 is 5.32 Å². The highest BCUT2D eigenvalue weighted by molar-refractivity contribution is 5.88. The van der Waals surface area contributed by atoms with Gasteiger partial charge in [-0.1, -0.05) is 20.8 Å². The van der Waals surface area contributed by atoms with Gasteiger partial charge in [0.15, 0.2) is 5.78 Å². The molecule has 0 aromatic carbocycles. The summed E-state index contributed by atoms with van der Waals surface area (Å²) in [6.45, 7) is 11.2. The van der Waals surface area contributed by atoms with Gasteiger partial charge in [0.05, 0.1) is 11.6 Å². The minimum absolute atomic E-state index is 0.00264. The normalized spacial score (nSPS) is 13.6. The molecule has 17 heavy (non-hydrogen) atoms. The summed E-state index contributed by atoms with van der Waals surface area (Å²) in [5.74, 6) is -0.167. The van der Waals surface area contributed by atoms with Gasteiger partial charge in [0.25, 0.3) is 0 Å². The molecule has 1 atom stereocenters. The Morgan fingerprint density at radius 2 is 1.82 bits per heavy atom. The average molecular weight is 243 g/mol. The Kier molecular flexibility index (Phi) is 6.39. The van der Waals surface area contributed by atoms with E-state index < -0.39 is 6.04 Å². The second-order valence-corrected chi connectivity index (χ2v) is 5.30. The van der Waals surface area contributed by atoms with Crippen molar-refractivity contribution in [2.24, 2.45) is 5.92 Å². The molecule has 1 N–H and O–H groups in total. The van der Waals surface area contributed by atoms with E-state index in [1.54, 1.807) is 0 Å². The van der Waals surface area contributed by atoms with Crippen LogP contribution in [-0.4, -0.2) is 29.9 Å². The molecule has 0 fully saturated rings. The van der Waals surface area contributed by atoms with E-state index in [-0.39, 0.29) is 29.8 Å². The van der Waals surface area contributed by atoms with Crippen molar-refractivity contribution < 1.29 is 14.3 Å². The van der Waals surface area contributed by atoms with Gasteiger partial charge >= 0.3 is 0 Å². The number of ether oxygens (including phenoxy) is 1. The number of hydrogen-bond donors (Lipinski definition) is 1. The zero-order chi connectivity index (χ0) is 13.6. The Morgan fingerprint density at radius 3 is 2.18 bits per heavy atom. The number of rotatable bonds is 7. The third-order valence-electron chi connectivity index (χ3n) is 2.87. The highest BCUT2D eigenvalue weighted by atomic mass is 16.5.